The van der Waals surface area contributed by atoms with Gasteiger partial charge >= 0.3 is 0 Å². The molecule has 0 atom stereocenters. The number of aryl methyl sites for hydroxylation is 1. The molecule has 0 bridgehead atoms. The molecule has 2 rings (SSSR count). The van der Waals surface area contributed by atoms with E-state index >= 15 is 0 Å². The van der Waals surface area contributed by atoms with Crippen molar-refractivity contribution in [2.75, 3.05) is 6.54 Å². The van der Waals surface area contributed by atoms with Gasteiger partial charge in [-0.05, 0) is 25.0 Å². The summed E-state index contributed by atoms with van der Waals surface area (Å²) in [5, 5.41) is 15.2. The summed E-state index contributed by atoms with van der Waals surface area (Å²) in [6.07, 6.45) is 1.57. The van der Waals surface area contributed by atoms with Crippen LogP contribution in [0.4, 0.5) is 0 Å². The van der Waals surface area contributed by atoms with Crippen molar-refractivity contribution >= 4 is 5.91 Å². The molecule has 3 N–H and O–H groups in total. The molecule has 0 radical (unpaired) electrons. The van der Waals surface area contributed by atoms with E-state index < -0.39 is 0 Å². The number of hydrogen-bond donors (Lipinski definition) is 2. The number of aromatic nitrogens is 4. The first-order valence-electron chi connectivity index (χ1n) is 7.88. The molecule has 0 saturated heterocycles. The number of nitrogens with zero attached hydrogens (tertiary/aromatic N) is 4. The fourth-order valence-electron chi connectivity index (χ4n) is 2.36. The molecule has 23 heavy (non-hydrogen) atoms. The molecule has 2 aromatic rings. The number of nitrogens with one attached hydrogen (secondary N) is 1. The lowest BCUT2D eigenvalue weighted by Gasteiger charge is -2.31. The summed E-state index contributed by atoms with van der Waals surface area (Å²) in [5.41, 5.74) is 7.47. The first-order valence-corrected chi connectivity index (χ1v) is 7.88. The maximum Gasteiger partial charge on any atom is 0.244 e. The van der Waals surface area contributed by atoms with Crippen LogP contribution in [-0.2, 0) is 11.3 Å². The van der Waals surface area contributed by atoms with Gasteiger partial charge in [0.1, 0.15) is 6.54 Å². The van der Waals surface area contributed by atoms with Crippen LogP contribution >= 0.6 is 0 Å². The van der Waals surface area contributed by atoms with Gasteiger partial charge in [-0.3, -0.25) is 4.79 Å². The van der Waals surface area contributed by atoms with Crippen molar-refractivity contribution in [1.29, 1.82) is 0 Å². The largest absolute Gasteiger partial charge is 0.348 e. The number of tetrazole rings is 1. The smallest absolute Gasteiger partial charge is 0.244 e. The Morgan fingerprint density at radius 1 is 1.26 bits per heavy atom. The Balaban J connectivity index is 2.04. The maximum absolute atomic E-state index is 12.2. The topological polar surface area (TPSA) is 98.7 Å². The molecule has 124 valence electrons. The highest BCUT2D eigenvalue weighted by molar-refractivity contribution is 5.76. The Morgan fingerprint density at radius 3 is 2.48 bits per heavy atom. The lowest BCUT2D eigenvalue weighted by Crippen LogP contribution is -2.53. The van der Waals surface area contributed by atoms with Gasteiger partial charge in [0.25, 0.3) is 0 Å². The van der Waals surface area contributed by atoms with Gasteiger partial charge in [0.05, 0.1) is 5.54 Å². The second kappa shape index (κ2) is 7.32. The summed E-state index contributed by atoms with van der Waals surface area (Å²) in [6, 6.07) is 7.84. The van der Waals surface area contributed by atoms with Crippen molar-refractivity contribution in [3.05, 3.63) is 29.8 Å². The Kier molecular flexibility index (Phi) is 5.44. The molecule has 0 unspecified atom stereocenters. The maximum atomic E-state index is 12.2. The first-order chi connectivity index (χ1) is 11.0. The molecule has 0 saturated carbocycles. The number of nitrogens with two attached hydrogens (primary N) is 1. The predicted molar refractivity (Wildman–Crippen MR) is 88.5 cm³/mol. The number of benzene rings is 1. The van der Waals surface area contributed by atoms with E-state index in [-0.39, 0.29) is 18.0 Å². The fraction of sp³-hybridized carbons (Fsp3) is 0.500. The molecule has 1 amide bonds. The molecule has 7 heteroatoms. The second-order valence-electron chi connectivity index (χ2n) is 5.75. The van der Waals surface area contributed by atoms with E-state index in [0.29, 0.717) is 12.4 Å². The van der Waals surface area contributed by atoms with Crippen molar-refractivity contribution in [1.82, 2.24) is 25.5 Å². The van der Waals surface area contributed by atoms with Gasteiger partial charge in [-0.1, -0.05) is 43.7 Å². The average molecular weight is 316 g/mol. The van der Waals surface area contributed by atoms with Crippen LogP contribution in [0, 0.1) is 6.92 Å². The monoisotopic (exact) mass is 316 g/mol. The van der Waals surface area contributed by atoms with E-state index in [1.807, 2.05) is 45.0 Å². The van der Waals surface area contributed by atoms with Gasteiger partial charge in [-0.2, -0.15) is 4.80 Å². The molecule has 1 aromatic carbocycles. The fourth-order valence-corrected chi connectivity index (χ4v) is 2.36. The number of amides is 1. The Morgan fingerprint density at radius 2 is 1.91 bits per heavy atom. The zero-order valence-electron chi connectivity index (χ0n) is 13.9. The molecule has 1 heterocycles. The summed E-state index contributed by atoms with van der Waals surface area (Å²) >= 11 is 0. The molecule has 1 aromatic heterocycles. The van der Waals surface area contributed by atoms with Crippen LogP contribution in [0.15, 0.2) is 24.3 Å². The molecule has 7 nitrogen and oxygen atoms in total. The highest BCUT2D eigenvalue weighted by atomic mass is 16.2. The Bertz CT molecular complexity index is 637. The molecular formula is C16H24N6O. The zero-order chi connectivity index (χ0) is 16.9. The van der Waals surface area contributed by atoms with Crippen LogP contribution < -0.4 is 11.1 Å². The minimum atomic E-state index is -0.364. The minimum absolute atomic E-state index is 0.0284. The van der Waals surface area contributed by atoms with Gasteiger partial charge in [0.15, 0.2) is 0 Å². The standard InChI is InChI=1S/C16H24N6O/c1-4-16(5-2,11-17)18-14(23)10-22-20-15(19-21-22)13-8-6-12(3)7-9-13/h6-9H,4-5,10-11,17H2,1-3H3,(H,18,23). The number of hydrogen-bond acceptors (Lipinski definition) is 5. The Hall–Kier alpha value is -2.28. The summed E-state index contributed by atoms with van der Waals surface area (Å²) in [5.74, 6) is 0.348. The molecule has 0 aliphatic rings. The van der Waals surface area contributed by atoms with Crippen LogP contribution in [0.3, 0.4) is 0 Å². The summed E-state index contributed by atoms with van der Waals surface area (Å²) in [4.78, 5) is 13.5. The highest BCUT2D eigenvalue weighted by Gasteiger charge is 2.26. The van der Waals surface area contributed by atoms with Crippen LogP contribution in [0.25, 0.3) is 11.4 Å². The van der Waals surface area contributed by atoms with Crippen molar-refractivity contribution < 1.29 is 4.79 Å². The van der Waals surface area contributed by atoms with Crippen LogP contribution in [0.1, 0.15) is 32.3 Å². The number of carbonyl (C=O) groups excluding carboxylic acids is 1. The van der Waals surface area contributed by atoms with Gasteiger partial charge in [-0.15, -0.1) is 10.2 Å². The van der Waals surface area contributed by atoms with Crippen LogP contribution in [0.5, 0.6) is 0 Å². The third kappa shape index (κ3) is 4.13. The van der Waals surface area contributed by atoms with E-state index in [4.69, 9.17) is 5.73 Å². The van der Waals surface area contributed by atoms with E-state index in [2.05, 4.69) is 20.7 Å². The third-order valence-corrected chi connectivity index (χ3v) is 4.20. The number of carbonyl (C=O) groups is 1. The van der Waals surface area contributed by atoms with E-state index in [0.717, 1.165) is 24.0 Å². The van der Waals surface area contributed by atoms with E-state index in [1.54, 1.807) is 0 Å². The molecule has 0 aliphatic heterocycles. The van der Waals surface area contributed by atoms with Gasteiger partial charge < -0.3 is 11.1 Å². The summed E-state index contributed by atoms with van der Waals surface area (Å²) < 4.78 is 0. The normalized spacial score (nSPS) is 11.5. The molecule has 0 fully saturated rings. The third-order valence-electron chi connectivity index (χ3n) is 4.20. The highest BCUT2D eigenvalue weighted by Crippen LogP contribution is 2.15. The lowest BCUT2D eigenvalue weighted by atomic mass is 9.93. The first kappa shape index (κ1) is 17.1. The summed E-state index contributed by atoms with van der Waals surface area (Å²) in [7, 11) is 0. The molecule has 0 aliphatic carbocycles. The van der Waals surface area contributed by atoms with Crippen molar-refractivity contribution in [3.8, 4) is 11.4 Å². The van der Waals surface area contributed by atoms with Gasteiger partial charge in [0, 0.05) is 12.1 Å². The molecule has 0 spiro atoms. The lowest BCUT2D eigenvalue weighted by molar-refractivity contribution is -0.124. The van der Waals surface area contributed by atoms with Gasteiger partial charge in [0.2, 0.25) is 11.7 Å². The second-order valence-corrected chi connectivity index (χ2v) is 5.75. The van der Waals surface area contributed by atoms with Crippen molar-refractivity contribution in [2.45, 2.75) is 45.7 Å². The van der Waals surface area contributed by atoms with Crippen molar-refractivity contribution in [3.63, 3.8) is 0 Å². The zero-order valence-corrected chi connectivity index (χ0v) is 13.9. The number of rotatable bonds is 7. The van der Waals surface area contributed by atoms with Gasteiger partial charge in [-0.25, -0.2) is 0 Å². The predicted octanol–water partition coefficient (Wildman–Crippen LogP) is 1.28. The minimum Gasteiger partial charge on any atom is -0.348 e. The Labute approximate surface area is 136 Å². The average Bonchev–Trinajstić information content (AvgIpc) is 3.02. The van der Waals surface area contributed by atoms with Crippen molar-refractivity contribution in [2.24, 2.45) is 5.73 Å². The van der Waals surface area contributed by atoms with Crippen LogP contribution in [0.2, 0.25) is 0 Å². The summed E-state index contributed by atoms with van der Waals surface area (Å²) in [6.45, 7) is 6.48. The quantitative estimate of drug-likeness (QED) is 0.802. The van der Waals surface area contributed by atoms with E-state index in [9.17, 15) is 4.79 Å². The van der Waals surface area contributed by atoms with E-state index in [1.165, 1.54) is 4.80 Å². The van der Waals surface area contributed by atoms with Crippen LogP contribution in [-0.4, -0.2) is 38.2 Å². The SMILES string of the molecule is CCC(CC)(CN)NC(=O)Cn1nnc(-c2ccc(C)cc2)n1. The molecular weight excluding hydrogens is 292 g/mol.